The van der Waals surface area contributed by atoms with E-state index in [0.717, 1.165) is 57.8 Å². The molecule has 6 nitrogen and oxygen atoms in total. The third-order valence-corrected chi connectivity index (χ3v) is 12.4. The van der Waals surface area contributed by atoms with Gasteiger partial charge in [0.05, 0.1) is 25.2 Å². The van der Waals surface area contributed by atoms with E-state index in [0.29, 0.717) is 12.8 Å². The Hall–Kier alpha value is -1.92. The fourth-order valence-electron chi connectivity index (χ4n) is 8.27. The molecule has 364 valence electrons. The Morgan fingerprint density at radius 2 is 0.855 bits per heavy atom. The van der Waals surface area contributed by atoms with Gasteiger partial charge >= 0.3 is 5.97 Å². The summed E-state index contributed by atoms with van der Waals surface area (Å²) in [7, 11) is 0. The summed E-state index contributed by atoms with van der Waals surface area (Å²) in [5.74, 6) is -0.603. The van der Waals surface area contributed by atoms with Crippen molar-refractivity contribution in [2.24, 2.45) is 0 Å². The molecule has 3 unspecified atom stereocenters. The zero-order valence-electron chi connectivity index (χ0n) is 41.5. The van der Waals surface area contributed by atoms with Crippen molar-refractivity contribution < 1.29 is 24.5 Å². The fraction of sp³-hybridized carbons (Fsp3) is 0.857. The summed E-state index contributed by atoms with van der Waals surface area (Å²) in [5.41, 5.74) is 0. The molecule has 0 heterocycles. The van der Waals surface area contributed by atoms with Crippen molar-refractivity contribution in [1.82, 2.24) is 5.32 Å². The quantitative estimate of drug-likeness (QED) is 0.0321. The first-order chi connectivity index (χ1) is 30.5. The molecule has 0 saturated carbocycles. The Labute approximate surface area is 385 Å². The minimum atomic E-state index is -0.810. The number of hydrogen-bond donors (Lipinski definition) is 3. The van der Waals surface area contributed by atoms with Gasteiger partial charge in [0.2, 0.25) is 5.91 Å². The van der Waals surface area contributed by atoms with E-state index in [-0.39, 0.29) is 24.9 Å². The third kappa shape index (κ3) is 44.7. The molecule has 0 aliphatic heterocycles. The van der Waals surface area contributed by atoms with Crippen molar-refractivity contribution in [1.29, 1.82) is 0 Å². The lowest BCUT2D eigenvalue weighted by molar-refractivity contribution is -0.148. The predicted molar refractivity (Wildman–Crippen MR) is 269 cm³/mol. The summed E-state index contributed by atoms with van der Waals surface area (Å²) in [6, 6.07) is -0.732. The number of rotatable bonds is 49. The second-order valence-electron chi connectivity index (χ2n) is 18.6. The maximum atomic E-state index is 13.2. The SMILES string of the molecule is CCCCCCCC/C=C\C/C=C/C(CC(=O)NC(CO)C(O)CCCCCCCCCCCCCCCCCC)OC(=O)CCCCCCC/C=C/CCCCCCCCC. The van der Waals surface area contributed by atoms with Gasteiger partial charge in [0.15, 0.2) is 0 Å². The van der Waals surface area contributed by atoms with Gasteiger partial charge in [-0.3, -0.25) is 9.59 Å². The summed E-state index contributed by atoms with van der Waals surface area (Å²) in [4.78, 5) is 26.1. The molecular formula is C56H105NO5. The van der Waals surface area contributed by atoms with E-state index in [1.165, 1.54) is 186 Å². The molecule has 0 bridgehead atoms. The van der Waals surface area contributed by atoms with Crippen LogP contribution in [0.4, 0.5) is 0 Å². The molecule has 0 aromatic carbocycles. The zero-order chi connectivity index (χ0) is 45.2. The van der Waals surface area contributed by atoms with E-state index in [1.54, 1.807) is 0 Å². The monoisotopic (exact) mass is 872 g/mol. The highest BCUT2D eigenvalue weighted by atomic mass is 16.5. The summed E-state index contributed by atoms with van der Waals surface area (Å²) < 4.78 is 5.83. The Morgan fingerprint density at radius 1 is 0.484 bits per heavy atom. The van der Waals surface area contributed by atoms with Gasteiger partial charge in [0.1, 0.15) is 6.10 Å². The van der Waals surface area contributed by atoms with Crippen molar-refractivity contribution >= 4 is 11.9 Å². The standard InChI is InChI=1S/C56H105NO5/c1-4-7-10-13-16-19-22-24-26-28-30-33-36-39-42-45-48-54(59)53(51-58)57-55(60)50-52(47-44-41-38-35-32-21-18-15-12-9-6-3)62-56(61)49-46-43-40-37-34-31-29-27-25-23-20-17-14-11-8-5-2/h27,29,35,38,44,47,52-54,58-59H,4-26,28,30-34,36-37,39-43,45-46,48-51H2,1-3H3,(H,57,60)/b29-27+,38-35-,47-44+. The molecule has 62 heavy (non-hydrogen) atoms. The molecule has 3 atom stereocenters. The number of esters is 1. The summed E-state index contributed by atoms with van der Waals surface area (Å²) in [6.45, 7) is 6.46. The first kappa shape index (κ1) is 60.1. The van der Waals surface area contributed by atoms with E-state index >= 15 is 0 Å². The third-order valence-electron chi connectivity index (χ3n) is 12.4. The van der Waals surface area contributed by atoms with E-state index in [4.69, 9.17) is 4.74 Å². The highest BCUT2D eigenvalue weighted by Crippen LogP contribution is 2.17. The highest BCUT2D eigenvalue weighted by Gasteiger charge is 2.23. The van der Waals surface area contributed by atoms with Gasteiger partial charge in [-0.05, 0) is 63.9 Å². The van der Waals surface area contributed by atoms with Crippen molar-refractivity contribution in [3.05, 3.63) is 36.5 Å². The lowest BCUT2D eigenvalue weighted by atomic mass is 10.0. The van der Waals surface area contributed by atoms with Gasteiger partial charge in [0, 0.05) is 6.42 Å². The van der Waals surface area contributed by atoms with Gasteiger partial charge in [-0.25, -0.2) is 0 Å². The molecule has 0 aliphatic rings. The molecule has 0 fully saturated rings. The van der Waals surface area contributed by atoms with Crippen LogP contribution >= 0.6 is 0 Å². The second-order valence-corrected chi connectivity index (χ2v) is 18.6. The van der Waals surface area contributed by atoms with Crippen LogP contribution in [-0.4, -0.2) is 46.9 Å². The van der Waals surface area contributed by atoms with Crippen LogP contribution in [0, 0.1) is 0 Å². The summed E-state index contributed by atoms with van der Waals surface area (Å²) in [5, 5.41) is 23.7. The average Bonchev–Trinajstić information content (AvgIpc) is 3.26. The number of aliphatic hydroxyl groups excluding tert-OH is 2. The molecule has 0 aliphatic carbocycles. The van der Waals surface area contributed by atoms with E-state index in [2.05, 4.69) is 50.4 Å². The van der Waals surface area contributed by atoms with Gasteiger partial charge in [-0.2, -0.15) is 0 Å². The van der Waals surface area contributed by atoms with Crippen LogP contribution in [0.5, 0.6) is 0 Å². The molecule has 3 N–H and O–H groups in total. The molecule has 0 spiro atoms. The number of unbranched alkanes of at least 4 members (excludes halogenated alkanes) is 33. The number of aliphatic hydroxyl groups is 2. The van der Waals surface area contributed by atoms with Gasteiger partial charge in [-0.15, -0.1) is 0 Å². The van der Waals surface area contributed by atoms with E-state index in [9.17, 15) is 19.8 Å². The topological polar surface area (TPSA) is 95.9 Å². The molecule has 0 rings (SSSR count). The van der Waals surface area contributed by atoms with Crippen LogP contribution in [0.2, 0.25) is 0 Å². The number of amides is 1. The maximum absolute atomic E-state index is 13.2. The number of ether oxygens (including phenoxy) is 1. The Kier molecular flexibility index (Phi) is 48.5. The van der Waals surface area contributed by atoms with E-state index < -0.39 is 18.2 Å². The minimum absolute atomic E-state index is 0.0293. The van der Waals surface area contributed by atoms with Crippen LogP contribution in [0.3, 0.4) is 0 Å². The molecule has 6 heteroatoms. The number of nitrogens with one attached hydrogen (secondary N) is 1. The Morgan fingerprint density at radius 3 is 1.27 bits per heavy atom. The predicted octanol–water partition coefficient (Wildman–Crippen LogP) is 16.5. The van der Waals surface area contributed by atoms with Crippen LogP contribution in [0.15, 0.2) is 36.5 Å². The molecule has 0 aromatic heterocycles. The lowest BCUT2D eigenvalue weighted by Crippen LogP contribution is -2.46. The van der Waals surface area contributed by atoms with Crippen LogP contribution in [0.1, 0.15) is 284 Å². The van der Waals surface area contributed by atoms with Crippen LogP contribution in [0.25, 0.3) is 0 Å². The fourth-order valence-corrected chi connectivity index (χ4v) is 8.27. The number of allylic oxidation sites excluding steroid dienone is 5. The Balaban J connectivity index is 4.54. The van der Waals surface area contributed by atoms with Crippen molar-refractivity contribution in [3.8, 4) is 0 Å². The minimum Gasteiger partial charge on any atom is -0.458 e. The molecule has 1 amide bonds. The smallest absolute Gasteiger partial charge is 0.306 e. The number of carbonyl (C=O) groups excluding carboxylic acids is 2. The van der Waals surface area contributed by atoms with Crippen molar-refractivity contribution in [2.75, 3.05) is 6.61 Å². The van der Waals surface area contributed by atoms with Crippen molar-refractivity contribution in [2.45, 2.75) is 302 Å². The summed E-state index contributed by atoms with van der Waals surface area (Å²) in [6.07, 6.45) is 59.5. The van der Waals surface area contributed by atoms with Gasteiger partial charge in [0.25, 0.3) is 0 Å². The average molecular weight is 872 g/mol. The number of hydrogen-bond acceptors (Lipinski definition) is 5. The van der Waals surface area contributed by atoms with Crippen molar-refractivity contribution in [3.63, 3.8) is 0 Å². The normalized spacial score (nSPS) is 13.4. The zero-order valence-corrected chi connectivity index (χ0v) is 41.5. The maximum Gasteiger partial charge on any atom is 0.306 e. The first-order valence-corrected chi connectivity index (χ1v) is 27.2. The Bertz CT molecular complexity index is 1020. The second kappa shape index (κ2) is 50.1. The van der Waals surface area contributed by atoms with E-state index in [1.807, 2.05) is 12.2 Å². The first-order valence-electron chi connectivity index (χ1n) is 27.2. The van der Waals surface area contributed by atoms with Crippen LogP contribution < -0.4 is 5.32 Å². The largest absolute Gasteiger partial charge is 0.458 e. The highest BCUT2D eigenvalue weighted by molar-refractivity contribution is 5.78. The van der Waals surface area contributed by atoms with Gasteiger partial charge < -0.3 is 20.3 Å². The van der Waals surface area contributed by atoms with Crippen LogP contribution in [-0.2, 0) is 14.3 Å². The lowest BCUT2D eigenvalue weighted by Gasteiger charge is -2.23. The molecule has 0 radical (unpaired) electrons. The molecular weight excluding hydrogens is 767 g/mol. The summed E-state index contributed by atoms with van der Waals surface area (Å²) >= 11 is 0. The molecule has 0 aromatic rings. The van der Waals surface area contributed by atoms with Gasteiger partial charge in [-0.1, -0.05) is 244 Å². The molecule has 0 saturated heterocycles. The number of carbonyl (C=O) groups is 2.